The summed E-state index contributed by atoms with van der Waals surface area (Å²) in [5.74, 6) is 2.39. The third-order valence-corrected chi connectivity index (χ3v) is 6.07. The van der Waals surface area contributed by atoms with Crippen LogP contribution in [0.15, 0.2) is 78.9 Å². The molecule has 1 heterocycles. The van der Waals surface area contributed by atoms with Gasteiger partial charge in [0.1, 0.15) is 22.6 Å². The van der Waals surface area contributed by atoms with Gasteiger partial charge in [-0.2, -0.15) is 0 Å². The maximum absolute atomic E-state index is 13.0. The molecule has 3 aromatic carbocycles. The van der Waals surface area contributed by atoms with Crippen LogP contribution in [0.1, 0.15) is 24.8 Å². The molecule has 0 aliphatic carbocycles. The zero-order chi connectivity index (χ0) is 20.2. The van der Waals surface area contributed by atoms with Gasteiger partial charge in [0.15, 0.2) is 0 Å². The molecule has 5 heteroatoms. The van der Waals surface area contributed by atoms with E-state index in [9.17, 15) is 4.79 Å². The lowest BCUT2D eigenvalue weighted by atomic mass is 10.1. The highest BCUT2D eigenvalue weighted by atomic mass is 32.2. The fourth-order valence-corrected chi connectivity index (χ4v) is 4.63. The molecule has 0 saturated carbocycles. The van der Waals surface area contributed by atoms with Crippen LogP contribution in [0, 0.1) is 0 Å². The van der Waals surface area contributed by atoms with Crippen LogP contribution in [0.3, 0.4) is 0 Å². The SMILES string of the molecule is CCOc1ccccc1N1C(=O)[C@H](C)S[C@@H]1c1ccc(Oc2ccccc2)cc1. The Labute approximate surface area is 175 Å². The van der Waals surface area contributed by atoms with E-state index in [-0.39, 0.29) is 16.5 Å². The van der Waals surface area contributed by atoms with E-state index in [1.54, 1.807) is 11.8 Å². The van der Waals surface area contributed by atoms with Gasteiger partial charge in [0.2, 0.25) is 5.91 Å². The van der Waals surface area contributed by atoms with Crippen molar-refractivity contribution in [2.45, 2.75) is 24.5 Å². The Bertz CT molecular complexity index is 975. The second-order valence-electron chi connectivity index (χ2n) is 6.72. The van der Waals surface area contributed by atoms with E-state index in [0.717, 1.165) is 28.5 Å². The monoisotopic (exact) mass is 405 g/mol. The van der Waals surface area contributed by atoms with Gasteiger partial charge >= 0.3 is 0 Å². The Morgan fingerprint density at radius 2 is 1.55 bits per heavy atom. The number of amides is 1. The first-order valence-electron chi connectivity index (χ1n) is 9.70. The number of para-hydroxylation sites is 3. The average molecular weight is 406 g/mol. The molecule has 3 aromatic rings. The van der Waals surface area contributed by atoms with Gasteiger partial charge in [0.25, 0.3) is 0 Å². The minimum Gasteiger partial charge on any atom is -0.492 e. The fraction of sp³-hybridized carbons (Fsp3) is 0.208. The van der Waals surface area contributed by atoms with Gasteiger partial charge in [-0.15, -0.1) is 11.8 Å². The molecule has 0 bridgehead atoms. The van der Waals surface area contributed by atoms with E-state index in [0.29, 0.717) is 6.61 Å². The highest BCUT2D eigenvalue weighted by Crippen LogP contribution is 2.48. The zero-order valence-electron chi connectivity index (χ0n) is 16.4. The Balaban J connectivity index is 1.62. The van der Waals surface area contributed by atoms with Crippen LogP contribution in [0.25, 0.3) is 0 Å². The molecule has 148 valence electrons. The summed E-state index contributed by atoms with van der Waals surface area (Å²) in [6, 6.07) is 25.4. The highest BCUT2D eigenvalue weighted by Gasteiger charge is 2.40. The maximum Gasteiger partial charge on any atom is 0.241 e. The molecule has 0 unspecified atom stereocenters. The van der Waals surface area contributed by atoms with Crippen molar-refractivity contribution in [2.24, 2.45) is 0 Å². The first-order valence-corrected chi connectivity index (χ1v) is 10.6. The van der Waals surface area contributed by atoms with E-state index in [1.807, 2.05) is 97.6 Å². The van der Waals surface area contributed by atoms with E-state index in [2.05, 4.69) is 0 Å². The summed E-state index contributed by atoms with van der Waals surface area (Å²) in [6.07, 6.45) is 0. The lowest BCUT2D eigenvalue weighted by Gasteiger charge is -2.26. The van der Waals surface area contributed by atoms with Crippen molar-refractivity contribution in [3.63, 3.8) is 0 Å². The molecule has 1 amide bonds. The van der Waals surface area contributed by atoms with Gasteiger partial charge in [-0.25, -0.2) is 0 Å². The minimum absolute atomic E-state index is 0.0942. The summed E-state index contributed by atoms with van der Waals surface area (Å²) < 4.78 is 11.7. The number of nitrogens with zero attached hydrogens (tertiary/aromatic N) is 1. The largest absolute Gasteiger partial charge is 0.492 e. The predicted octanol–water partition coefficient (Wildman–Crippen LogP) is 6.04. The quantitative estimate of drug-likeness (QED) is 0.501. The molecule has 0 N–H and O–H groups in total. The third-order valence-electron chi connectivity index (χ3n) is 4.72. The van der Waals surface area contributed by atoms with Gasteiger partial charge in [0.05, 0.1) is 17.5 Å². The van der Waals surface area contributed by atoms with Crippen LogP contribution in [0.2, 0.25) is 0 Å². The average Bonchev–Trinajstić information content (AvgIpc) is 3.04. The van der Waals surface area contributed by atoms with E-state index in [4.69, 9.17) is 9.47 Å². The molecule has 0 aromatic heterocycles. The molecule has 1 fully saturated rings. The van der Waals surface area contributed by atoms with E-state index in [1.165, 1.54) is 0 Å². The van der Waals surface area contributed by atoms with Crippen molar-refractivity contribution in [3.05, 3.63) is 84.4 Å². The molecule has 1 saturated heterocycles. The zero-order valence-corrected chi connectivity index (χ0v) is 17.3. The summed E-state index contributed by atoms with van der Waals surface area (Å²) in [5, 5.41) is -0.222. The lowest BCUT2D eigenvalue weighted by molar-refractivity contribution is -0.117. The molecular weight excluding hydrogens is 382 g/mol. The van der Waals surface area contributed by atoms with Gasteiger partial charge in [0, 0.05) is 0 Å². The number of rotatable bonds is 6. The Morgan fingerprint density at radius 3 is 2.28 bits per heavy atom. The number of anilines is 1. The molecule has 0 radical (unpaired) electrons. The fourth-order valence-electron chi connectivity index (χ4n) is 3.36. The van der Waals surface area contributed by atoms with Crippen LogP contribution < -0.4 is 14.4 Å². The van der Waals surface area contributed by atoms with Crippen molar-refractivity contribution in [1.82, 2.24) is 0 Å². The summed E-state index contributed by atoms with van der Waals surface area (Å²) in [7, 11) is 0. The number of carbonyl (C=O) groups is 1. The topological polar surface area (TPSA) is 38.8 Å². The third kappa shape index (κ3) is 4.10. The predicted molar refractivity (Wildman–Crippen MR) is 118 cm³/mol. The number of carbonyl (C=O) groups excluding carboxylic acids is 1. The second-order valence-corrected chi connectivity index (χ2v) is 8.15. The number of hydrogen-bond donors (Lipinski definition) is 0. The molecule has 4 nitrogen and oxygen atoms in total. The Kier molecular flexibility index (Phi) is 5.76. The van der Waals surface area contributed by atoms with Crippen LogP contribution in [-0.4, -0.2) is 17.8 Å². The summed E-state index contributed by atoms with van der Waals surface area (Å²) in [6.45, 7) is 4.46. The Morgan fingerprint density at radius 1 is 0.897 bits per heavy atom. The molecule has 29 heavy (non-hydrogen) atoms. The first-order chi connectivity index (χ1) is 14.2. The molecule has 4 rings (SSSR count). The molecular formula is C24H23NO3S. The van der Waals surface area contributed by atoms with Crippen molar-refractivity contribution in [3.8, 4) is 17.2 Å². The smallest absolute Gasteiger partial charge is 0.241 e. The first kappa shape index (κ1) is 19.4. The molecule has 2 atom stereocenters. The molecule has 0 spiro atoms. The number of ether oxygens (including phenoxy) is 2. The summed E-state index contributed by atoms with van der Waals surface area (Å²) in [4.78, 5) is 14.8. The van der Waals surface area contributed by atoms with Crippen molar-refractivity contribution in [2.75, 3.05) is 11.5 Å². The van der Waals surface area contributed by atoms with E-state index < -0.39 is 0 Å². The van der Waals surface area contributed by atoms with Crippen molar-refractivity contribution in [1.29, 1.82) is 0 Å². The number of thioether (sulfide) groups is 1. The maximum atomic E-state index is 13.0. The van der Waals surface area contributed by atoms with Crippen LogP contribution in [-0.2, 0) is 4.79 Å². The van der Waals surface area contributed by atoms with Crippen LogP contribution in [0.5, 0.6) is 17.2 Å². The van der Waals surface area contributed by atoms with Crippen LogP contribution >= 0.6 is 11.8 Å². The van der Waals surface area contributed by atoms with E-state index >= 15 is 0 Å². The number of benzene rings is 3. The summed E-state index contributed by atoms with van der Waals surface area (Å²) >= 11 is 1.65. The van der Waals surface area contributed by atoms with Gasteiger partial charge < -0.3 is 9.47 Å². The van der Waals surface area contributed by atoms with Crippen molar-refractivity contribution < 1.29 is 14.3 Å². The lowest BCUT2D eigenvalue weighted by Crippen LogP contribution is -2.30. The van der Waals surface area contributed by atoms with Gasteiger partial charge in [-0.3, -0.25) is 9.69 Å². The van der Waals surface area contributed by atoms with Gasteiger partial charge in [-0.05, 0) is 55.8 Å². The molecule has 1 aliphatic rings. The highest BCUT2D eigenvalue weighted by molar-refractivity contribution is 8.01. The minimum atomic E-state index is -0.116. The molecule has 1 aliphatic heterocycles. The summed E-state index contributed by atoms with van der Waals surface area (Å²) in [5.41, 5.74) is 1.87. The standard InChI is InChI=1S/C24H23NO3S/c1-3-27-22-12-8-7-11-21(22)25-23(26)17(2)29-24(25)18-13-15-20(16-14-18)28-19-9-5-4-6-10-19/h4-17,24H,3H2,1-2H3/t17-,24+/m0/s1. The van der Waals surface area contributed by atoms with Crippen molar-refractivity contribution >= 4 is 23.4 Å². The Hall–Kier alpha value is -2.92. The number of hydrogen-bond acceptors (Lipinski definition) is 4. The normalized spacial score (nSPS) is 18.7. The second kappa shape index (κ2) is 8.62. The van der Waals surface area contributed by atoms with Crippen LogP contribution in [0.4, 0.5) is 5.69 Å². The van der Waals surface area contributed by atoms with Gasteiger partial charge in [-0.1, -0.05) is 42.5 Å².